The molecule has 0 aromatic heterocycles. The van der Waals surface area contributed by atoms with Crippen molar-refractivity contribution in [2.24, 2.45) is 33.8 Å². The van der Waals surface area contributed by atoms with Crippen molar-refractivity contribution in [1.29, 1.82) is 0 Å². The van der Waals surface area contributed by atoms with Crippen LogP contribution in [0.4, 0.5) is 0 Å². The van der Waals surface area contributed by atoms with Crippen LogP contribution >= 0.6 is 0 Å². The lowest BCUT2D eigenvalue weighted by molar-refractivity contribution is -0.134. The molecule has 5 atom stereocenters. The summed E-state index contributed by atoms with van der Waals surface area (Å²) in [5.74, 6) is -3.55. The van der Waals surface area contributed by atoms with Gasteiger partial charge in [0.05, 0.1) is 6.61 Å². The fraction of sp³-hybridized carbons (Fsp3) is 0.556. The van der Waals surface area contributed by atoms with Gasteiger partial charge in [-0.15, -0.1) is 0 Å². The van der Waals surface area contributed by atoms with Crippen LogP contribution in [-0.4, -0.2) is 84.0 Å². The zero-order valence-corrected chi connectivity index (χ0v) is 24.3. The summed E-state index contributed by atoms with van der Waals surface area (Å²) in [6, 6.07) is 3.40. The molecule has 15 heteroatoms. The van der Waals surface area contributed by atoms with Crippen molar-refractivity contribution in [2.45, 2.75) is 76.7 Å². The van der Waals surface area contributed by atoms with E-state index < -0.39 is 66.4 Å². The number of nitrogens with two attached hydrogens (primary N) is 4. The first kappa shape index (κ1) is 35.8. The SMILES string of the molecule is CC(C)C[C@H](NC(=O)[C@H](C)NC(=O)[C@H](Cc1ccccc1)NC(=O)[C@@H](N)CO)C(=O)N[C@@H](CCCN=C(N)N)C(N)=O. The van der Waals surface area contributed by atoms with Gasteiger partial charge in [0.1, 0.15) is 30.2 Å². The standard InChI is InChI=1S/C27H45N9O6/c1-15(2)12-20(26(42)34-19(22(29)38)10-7-11-32-27(30)31)35-23(39)16(3)33-25(41)21(36-24(40)18(28)14-37)13-17-8-5-4-6-9-17/h4-6,8-9,15-16,18-21,37H,7,10-14,28H2,1-3H3,(H2,29,38)(H,33,41)(H,34,42)(H,35,39)(H,36,40)(H4,30,31,32)/t16-,18-,19-,20-,21-/m0/s1. The normalized spacial score (nSPS) is 14.4. The molecule has 13 N–H and O–H groups in total. The molecule has 0 heterocycles. The smallest absolute Gasteiger partial charge is 0.243 e. The number of rotatable bonds is 18. The number of benzene rings is 1. The van der Waals surface area contributed by atoms with Gasteiger partial charge in [0.2, 0.25) is 29.5 Å². The summed E-state index contributed by atoms with van der Waals surface area (Å²) < 4.78 is 0. The van der Waals surface area contributed by atoms with Crippen LogP contribution in [-0.2, 0) is 30.4 Å². The number of nitrogens with one attached hydrogen (secondary N) is 4. The zero-order chi connectivity index (χ0) is 31.8. The second kappa shape index (κ2) is 18.2. The lowest BCUT2D eigenvalue weighted by atomic mass is 10.0. The maximum atomic E-state index is 13.1. The maximum Gasteiger partial charge on any atom is 0.243 e. The van der Waals surface area contributed by atoms with Crippen LogP contribution in [0.25, 0.3) is 0 Å². The molecule has 0 bridgehead atoms. The van der Waals surface area contributed by atoms with Crippen molar-refractivity contribution in [2.75, 3.05) is 13.2 Å². The molecule has 42 heavy (non-hydrogen) atoms. The number of carbonyl (C=O) groups excluding carboxylic acids is 5. The molecule has 0 saturated heterocycles. The maximum absolute atomic E-state index is 13.1. The van der Waals surface area contributed by atoms with Gasteiger partial charge in [-0.1, -0.05) is 44.2 Å². The molecule has 0 spiro atoms. The van der Waals surface area contributed by atoms with Crippen molar-refractivity contribution in [3.8, 4) is 0 Å². The van der Waals surface area contributed by atoms with Gasteiger partial charge < -0.3 is 49.3 Å². The van der Waals surface area contributed by atoms with E-state index in [-0.39, 0.29) is 37.7 Å². The minimum atomic E-state index is -1.23. The predicted octanol–water partition coefficient (Wildman–Crippen LogP) is -2.91. The first-order chi connectivity index (χ1) is 19.7. The van der Waals surface area contributed by atoms with E-state index >= 15 is 0 Å². The molecule has 0 aliphatic carbocycles. The topological polar surface area (TPSA) is 270 Å². The average Bonchev–Trinajstić information content (AvgIpc) is 2.93. The largest absolute Gasteiger partial charge is 0.394 e. The Morgan fingerprint density at radius 1 is 0.810 bits per heavy atom. The molecule has 0 fully saturated rings. The highest BCUT2D eigenvalue weighted by atomic mass is 16.3. The summed E-state index contributed by atoms with van der Waals surface area (Å²) in [6.07, 6.45) is 0.894. The Bertz CT molecular complexity index is 1080. The third kappa shape index (κ3) is 13.4. The molecule has 1 aromatic rings. The van der Waals surface area contributed by atoms with E-state index in [9.17, 15) is 29.1 Å². The second-order valence-corrected chi connectivity index (χ2v) is 10.4. The fourth-order valence-corrected chi connectivity index (χ4v) is 3.86. The van der Waals surface area contributed by atoms with Gasteiger partial charge in [0, 0.05) is 13.0 Å². The van der Waals surface area contributed by atoms with Crippen LogP contribution < -0.4 is 44.2 Å². The molecular weight excluding hydrogens is 546 g/mol. The van der Waals surface area contributed by atoms with Crippen LogP contribution in [0, 0.1) is 5.92 Å². The van der Waals surface area contributed by atoms with Crippen molar-refractivity contribution < 1.29 is 29.1 Å². The molecule has 0 saturated carbocycles. The van der Waals surface area contributed by atoms with Crippen LogP contribution in [0.2, 0.25) is 0 Å². The number of guanidine groups is 1. The molecule has 0 aliphatic rings. The van der Waals surface area contributed by atoms with Gasteiger partial charge in [-0.3, -0.25) is 29.0 Å². The Labute approximate surface area is 245 Å². The summed E-state index contributed by atoms with van der Waals surface area (Å²) in [5.41, 5.74) is 22.4. The molecule has 234 valence electrons. The third-order valence-electron chi connectivity index (χ3n) is 6.15. The number of hydrogen-bond acceptors (Lipinski definition) is 8. The van der Waals surface area contributed by atoms with E-state index in [0.717, 1.165) is 5.56 Å². The second-order valence-electron chi connectivity index (χ2n) is 10.4. The van der Waals surface area contributed by atoms with Crippen LogP contribution in [0.3, 0.4) is 0 Å². The van der Waals surface area contributed by atoms with E-state index in [1.165, 1.54) is 6.92 Å². The predicted molar refractivity (Wildman–Crippen MR) is 157 cm³/mol. The van der Waals surface area contributed by atoms with Crippen molar-refractivity contribution >= 4 is 35.5 Å². The Hall–Kier alpha value is -4.24. The van der Waals surface area contributed by atoms with Crippen molar-refractivity contribution in [3.63, 3.8) is 0 Å². The zero-order valence-electron chi connectivity index (χ0n) is 24.3. The van der Waals surface area contributed by atoms with Gasteiger partial charge in [-0.25, -0.2) is 0 Å². The van der Waals surface area contributed by atoms with Crippen molar-refractivity contribution in [1.82, 2.24) is 21.3 Å². The molecular formula is C27H45N9O6. The van der Waals surface area contributed by atoms with Crippen LogP contribution in [0.15, 0.2) is 35.3 Å². The number of aliphatic hydroxyl groups excluding tert-OH is 1. The number of nitrogens with zero attached hydrogens (tertiary/aromatic N) is 1. The van der Waals surface area contributed by atoms with E-state index in [0.29, 0.717) is 6.42 Å². The van der Waals surface area contributed by atoms with E-state index in [4.69, 9.17) is 22.9 Å². The Kier molecular flexibility index (Phi) is 15.5. The molecule has 0 radical (unpaired) electrons. The monoisotopic (exact) mass is 591 g/mol. The number of hydrogen-bond donors (Lipinski definition) is 9. The Balaban J connectivity index is 2.94. The van der Waals surface area contributed by atoms with Crippen LogP contribution in [0.1, 0.15) is 45.6 Å². The number of aliphatic hydroxyl groups is 1. The summed E-state index contributed by atoms with van der Waals surface area (Å²) >= 11 is 0. The molecule has 0 unspecified atom stereocenters. The van der Waals surface area contributed by atoms with Crippen molar-refractivity contribution in [3.05, 3.63) is 35.9 Å². The van der Waals surface area contributed by atoms with Gasteiger partial charge in [-0.05, 0) is 37.7 Å². The van der Waals surface area contributed by atoms with E-state index in [1.54, 1.807) is 30.3 Å². The molecule has 0 aliphatic heterocycles. The lowest BCUT2D eigenvalue weighted by Gasteiger charge is -2.26. The minimum absolute atomic E-state index is 0.0129. The van der Waals surface area contributed by atoms with E-state index in [1.807, 2.05) is 13.8 Å². The summed E-state index contributed by atoms with van der Waals surface area (Å²) in [5, 5.41) is 19.5. The highest BCUT2D eigenvalue weighted by Gasteiger charge is 2.30. The van der Waals surface area contributed by atoms with Gasteiger partial charge in [-0.2, -0.15) is 0 Å². The Morgan fingerprint density at radius 2 is 1.38 bits per heavy atom. The molecule has 1 rings (SSSR count). The van der Waals surface area contributed by atoms with E-state index in [2.05, 4.69) is 26.3 Å². The number of aliphatic imine (C=N–C) groups is 1. The summed E-state index contributed by atoms with van der Waals surface area (Å²) in [4.78, 5) is 67.3. The summed E-state index contributed by atoms with van der Waals surface area (Å²) in [7, 11) is 0. The third-order valence-corrected chi connectivity index (χ3v) is 6.15. The summed E-state index contributed by atoms with van der Waals surface area (Å²) in [6.45, 7) is 4.76. The van der Waals surface area contributed by atoms with Crippen LogP contribution in [0.5, 0.6) is 0 Å². The molecule has 5 amide bonds. The van der Waals surface area contributed by atoms with Gasteiger partial charge in [0.25, 0.3) is 0 Å². The Morgan fingerprint density at radius 3 is 1.93 bits per heavy atom. The first-order valence-electron chi connectivity index (χ1n) is 13.7. The average molecular weight is 592 g/mol. The fourth-order valence-electron chi connectivity index (χ4n) is 3.86. The highest BCUT2D eigenvalue weighted by Crippen LogP contribution is 2.08. The highest BCUT2D eigenvalue weighted by molar-refractivity contribution is 5.95. The molecule has 1 aromatic carbocycles. The molecule has 15 nitrogen and oxygen atoms in total. The number of amides is 5. The lowest BCUT2D eigenvalue weighted by Crippen LogP contribution is -2.58. The van der Waals surface area contributed by atoms with Gasteiger partial charge in [0.15, 0.2) is 5.96 Å². The first-order valence-corrected chi connectivity index (χ1v) is 13.7. The van der Waals surface area contributed by atoms with Gasteiger partial charge >= 0.3 is 0 Å². The number of primary amides is 1. The minimum Gasteiger partial charge on any atom is -0.394 e. The number of carbonyl (C=O) groups is 5. The quantitative estimate of drug-likeness (QED) is 0.0480.